The lowest BCUT2D eigenvalue weighted by Gasteiger charge is -1.99. The third-order valence-corrected chi connectivity index (χ3v) is 2.45. The molecule has 0 spiro atoms. The Morgan fingerprint density at radius 1 is 1.20 bits per heavy atom. The van der Waals surface area contributed by atoms with Crippen molar-refractivity contribution in [2.24, 2.45) is 0 Å². The first-order valence-corrected chi connectivity index (χ1v) is 6.09. The molecule has 0 rings (SSSR count). The highest BCUT2D eigenvalue weighted by atomic mass is 16.3. The molecular formula is C13H24O2. The third-order valence-electron chi connectivity index (χ3n) is 2.45. The molecule has 0 radical (unpaired) electrons. The predicted octanol–water partition coefficient (Wildman–Crippen LogP) is 3.24. The molecule has 1 unspecified atom stereocenters. The van der Waals surface area contributed by atoms with Gasteiger partial charge in [0, 0.05) is 6.42 Å². The molecule has 88 valence electrons. The lowest BCUT2D eigenvalue weighted by molar-refractivity contribution is -0.114. The predicted molar refractivity (Wildman–Crippen MR) is 63.8 cm³/mol. The fraction of sp³-hybridized carbons (Fsp3) is 0.769. The number of unbranched alkanes of at least 4 members (excludes halogenated alkanes) is 4. The average Bonchev–Trinajstić information content (AvgIpc) is 2.25. The summed E-state index contributed by atoms with van der Waals surface area (Å²) < 4.78 is 0. The zero-order valence-corrected chi connectivity index (χ0v) is 10.0. The molecule has 0 amide bonds. The van der Waals surface area contributed by atoms with Gasteiger partial charge in [0.25, 0.3) is 0 Å². The SMILES string of the molecule is CCCCCCCC(=O)/C=C\C(O)CC. The van der Waals surface area contributed by atoms with Crippen LogP contribution in [-0.2, 0) is 4.79 Å². The zero-order chi connectivity index (χ0) is 11.5. The van der Waals surface area contributed by atoms with Gasteiger partial charge in [0.15, 0.2) is 5.78 Å². The van der Waals surface area contributed by atoms with Crippen LogP contribution in [0.5, 0.6) is 0 Å². The van der Waals surface area contributed by atoms with Gasteiger partial charge in [0.05, 0.1) is 6.10 Å². The maximum Gasteiger partial charge on any atom is 0.155 e. The fourth-order valence-electron chi connectivity index (χ4n) is 1.34. The van der Waals surface area contributed by atoms with Crippen LogP contribution in [-0.4, -0.2) is 17.0 Å². The molecule has 0 aromatic carbocycles. The number of carbonyl (C=O) groups excluding carboxylic acids is 1. The van der Waals surface area contributed by atoms with Gasteiger partial charge < -0.3 is 5.11 Å². The Hall–Kier alpha value is -0.630. The molecule has 0 heterocycles. The lowest BCUT2D eigenvalue weighted by Crippen LogP contribution is -2.01. The molecule has 0 bridgehead atoms. The molecule has 0 aromatic rings. The van der Waals surface area contributed by atoms with Crippen LogP contribution in [0, 0.1) is 0 Å². The molecule has 0 aromatic heterocycles. The van der Waals surface area contributed by atoms with Crippen molar-refractivity contribution in [3.8, 4) is 0 Å². The molecule has 0 fully saturated rings. The largest absolute Gasteiger partial charge is 0.389 e. The van der Waals surface area contributed by atoms with Crippen molar-refractivity contribution in [2.75, 3.05) is 0 Å². The summed E-state index contributed by atoms with van der Waals surface area (Å²) in [4.78, 5) is 11.3. The van der Waals surface area contributed by atoms with Crippen molar-refractivity contribution in [1.29, 1.82) is 0 Å². The Morgan fingerprint density at radius 3 is 2.47 bits per heavy atom. The van der Waals surface area contributed by atoms with Crippen molar-refractivity contribution in [1.82, 2.24) is 0 Å². The van der Waals surface area contributed by atoms with Gasteiger partial charge in [0.2, 0.25) is 0 Å². The van der Waals surface area contributed by atoms with Gasteiger partial charge in [-0.1, -0.05) is 45.6 Å². The molecule has 0 aliphatic carbocycles. The van der Waals surface area contributed by atoms with Gasteiger partial charge in [-0.2, -0.15) is 0 Å². The number of ketones is 1. The monoisotopic (exact) mass is 212 g/mol. The number of allylic oxidation sites excluding steroid dienone is 1. The van der Waals surface area contributed by atoms with Gasteiger partial charge in [0.1, 0.15) is 0 Å². The molecule has 0 aliphatic heterocycles. The number of hydrogen-bond donors (Lipinski definition) is 1. The smallest absolute Gasteiger partial charge is 0.155 e. The Bertz CT molecular complexity index is 185. The van der Waals surface area contributed by atoms with E-state index in [0.29, 0.717) is 12.8 Å². The van der Waals surface area contributed by atoms with Crippen LogP contribution < -0.4 is 0 Å². The van der Waals surface area contributed by atoms with Gasteiger partial charge in [-0.3, -0.25) is 4.79 Å². The highest BCUT2D eigenvalue weighted by Gasteiger charge is 1.98. The lowest BCUT2D eigenvalue weighted by atomic mass is 10.1. The van der Waals surface area contributed by atoms with E-state index in [1.54, 1.807) is 6.08 Å². The second-order valence-corrected chi connectivity index (χ2v) is 3.97. The highest BCUT2D eigenvalue weighted by Crippen LogP contribution is 2.05. The van der Waals surface area contributed by atoms with E-state index in [1.165, 1.54) is 25.3 Å². The van der Waals surface area contributed by atoms with Crippen LogP contribution in [0.25, 0.3) is 0 Å². The average molecular weight is 212 g/mol. The molecule has 0 aliphatic rings. The molecule has 1 atom stereocenters. The molecule has 0 saturated heterocycles. The van der Waals surface area contributed by atoms with Crippen molar-refractivity contribution < 1.29 is 9.90 Å². The van der Waals surface area contributed by atoms with Gasteiger partial charge in [-0.25, -0.2) is 0 Å². The maximum absolute atomic E-state index is 11.3. The van der Waals surface area contributed by atoms with E-state index >= 15 is 0 Å². The number of rotatable bonds is 9. The maximum atomic E-state index is 11.3. The quantitative estimate of drug-likeness (QED) is 0.470. The Balaban J connectivity index is 3.45. The molecule has 0 saturated carbocycles. The molecule has 15 heavy (non-hydrogen) atoms. The van der Waals surface area contributed by atoms with Crippen molar-refractivity contribution >= 4 is 5.78 Å². The molecule has 1 N–H and O–H groups in total. The van der Waals surface area contributed by atoms with Crippen molar-refractivity contribution in [3.05, 3.63) is 12.2 Å². The fourth-order valence-corrected chi connectivity index (χ4v) is 1.34. The van der Waals surface area contributed by atoms with E-state index in [-0.39, 0.29) is 5.78 Å². The molecular weight excluding hydrogens is 188 g/mol. The van der Waals surface area contributed by atoms with E-state index in [0.717, 1.165) is 12.8 Å². The summed E-state index contributed by atoms with van der Waals surface area (Å²) in [5.41, 5.74) is 0. The van der Waals surface area contributed by atoms with Crippen LogP contribution in [0.2, 0.25) is 0 Å². The zero-order valence-electron chi connectivity index (χ0n) is 10.0. The van der Waals surface area contributed by atoms with Crippen LogP contribution in [0.3, 0.4) is 0 Å². The second-order valence-electron chi connectivity index (χ2n) is 3.97. The highest BCUT2D eigenvalue weighted by molar-refractivity contribution is 5.89. The minimum atomic E-state index is -0.464. The summed E-state index contributed by atoms with van der Waals surface area (Å²) in [6.07, 6.45) is 9.78. The molecule has 2 nitrogen and oxygen atoms in total. The van der Waals surface area contributed by atoms with Crippen LogP contribution in [0.1, 0.15) is 58.8 Å². The number of carbonyl (C=O) groups is 1. The number of aliphatic hydroxyl groups is 1. The van der Waals surface area contributed by atoms with Gasteiger partial charge in [-0.05, 0) is 18.9 Å². The van der Waals surface area contributed by atoms with Gasteiger partial charge >= 0.3 is 0 Å². The van der Waals surface area contributed by atoms with E-state index in [1.807, 2.05) is 6.92 Å². The summed E-state index contributed by atoms with van der Waals surface area (Å²) in [5, 5.41) is 9.21. The summed E-state index contributed by atoms with van der Waals surface area (Å²) in [7, 11) is 0. The molecule has 2 heteroatoms. The number of hydrogen-bond acceptors (Lipinski definition) is 2. The summed E-state index contributed by atoms with van der Waals surface area (Å²) in [6, 6.07) is 0. The van der Waals surface area contributed by atoms with Crippen molar-refractivity contribution in [3.63, 3.8) is 0 Å². The Kier molecular flexibility index (Phi) is 9.49. The van der Waals surface area contributed by atoms with Crippen molar-refractivity contribution in [2.45, 2.75) is 64.9 Å². The van der Waals surface area contributed by atoms with E-state index in [9.17, 15) is 9.90 Å². The van der Waals surface area contributed by atoms with Crippen LogP contribution in [0.15, 0.2) is 12.2 Å². The van der Waals surface area contributed by atoms with E-state index in [4.69, 9.17) is 0 Å². The van der Waals surface area contributed by atoms with E-state index in [2.05, 4.69) is 6.92 Å². The Labute approximate surface area is 93.4 Å². The number of aliphatic hydroxyl groups excluding tert-OH is 1. The normalized spacial score (nSPS) is 13.3. The first kappa shape index (κ1) is 14.4. The topological polar surface area (TPSA) is 37.3 Å². The van der Waals surface area contributed by atoms with Crippen LogP contribution >= 0.6 is 0 Å². The Morgan fingerprint density at radius 2 is 1.87 bits per heavy atom. The minimum Gasteiger partial charge on any atom is -0.389 e. The minimum absolute atomic E-state index is 0.138. The summed E-state index contributed by atoms with van der Waals surface area (Å²) >= 11 is 0. The third kappa shape index (κ3) is 9.67. The van der Waals surface area contributed by atoms with Crippen LogP contribution in [0.4, 0.5) is 0 Å². The first-order chi connectivity index (χ1) is 7.20. The second kappa shape index (κ2) is 9.91. The van der Waals surface area contributed by atoms with Gasteiger partial charge in [-0.15, -0.1) is 0 Å². The van der Waals surface area contributed by atoms with E-state index < -0.39 is 6.10 Å². The summed E-state index contributed by atoms with van der Waals surface area (Å²) in [5.74, 6) is 0.138. The standard InChI is InChI=1S/C13H24O2/c1-3-5-6-7-8-9-13(15)11-10-12(14)4-2/h10-12,14H,3-9H2,1-2H3/b11-10-. The summed E-state index contributed by atoms with van der Waals surface area (Å²) in [6.45, 7) is 4.07. The first-order valence-electron chi connectivity index (χ1n) is 6.09.